The van der Waals surface area contributed by atoms with Gasteiger partial charge in [-0.15, -0.1) is 10.2 Å². The lowest BCUT2D eigenvalue weighted by Gasteiger charge is -2.09. The molecule has 1 heterocycles. The summed E-state index contributed by atoms with van der Waals surface area (Å²) in [4.78, 5) is 2.72. The zero-order valence-electron chi connectivity index (χ0n) is 12.0. The fourth-order valence-electron chi connectivity index (χ4n) is 2.16. The average molecular weight is 453 g/mol. The number of benzene rings is 2. The first kappa shape index (κ1) is 18.0. The van der Waals surface area contributed by atoms with Gasteiger partial charge in [-0.25, -0.2) is 0 Å². The lowest BCUT2D eigenvalue weighted by molar-refractivity contribution is -0.137. The number of nitrogens with one attached hydrogen (secondary N) is 1. The zero-order chi connectivity index (χ0) is 18.4. The Kier molecular flexibility index (Phi) is 4.70. The number of rotatable bonds is 2. The molecule has 2 aromatic carbocycles. The maximum absolute atomic E-state index is 12.7. The number of nitrogens with zero attached hydrogens (tertiary/aromatic N) is 2. The summed E-state index contributed by atoms with van der Waals surface area (Å²) in [6.07, 6.45) is -4.58. The second kappa shape index (κ2) is 6.51. The smallest absolute Gasteiger partial charge is 0.416 e. The van der Waals surface area contributed by atoms with Crippen LogP contribution in [0.25, 0.3) is 10.9 Å². The minimum absolute atomic E-state index is 0.114. The van der Waals surface area contributed by atoms with Gasteiger partial charge >= 0.3 is 6.18 Å². The van der Waals surface area contributed by atoms with E-state index in [1.54, 1.807) is 18.2 Å². The van der Waals surface area contributed by atoms with Gasteiger partial charge in [0.25, 0.3) is 0 Å². The summed E-state index contributed by atoms with van der Waals surface area (Å²) in [7, 11) is 0. The normalized spacial score (nSPS) is 12.4. The summed E-state index contributed by atoms with van der Waals surface area (Å²) in [5.74, 6) is -0.240. The summed E-state index contributed by atoms with van der Waals surface area (Å²) in [6.45, 7) is 0. The van der Waals surface area contributed by atoms with E-state index in [1.807, 2.05) is 0 Å². The number of hydrogen-bond acceptors (Lipinski definition) is 3. The molecule has 25 heavy (non-hydrogen) atoms. The highest BCUT2D eigenvalue weighted by molar-refractivity contribution is 9.10. The number of hydrogen-bond donors (Lipinski definition) is 2. The predicted octanol–water partition coefficient (Wildman–Crippen LogP) is 7.38. The number of alkyl halides is 3. The highest BCUT2D eigenvalue weighted by Crippen LogP contribution is 2.42. The van der Waals surface area contributed by atoms with Crippen molar-refractivity contribution in [1.29, 1.82) is 0 Å². The zero-order valence-corrected chi connectivity index (χ0v) is 15.1. The number of fused-ring (bicyclic) bond motifs is 1. The Morgan fingerprint density at radius 3 is 2.20 bits per heavy atom. The molecule has 0 spiro atoms. The Labute approximate surface area is 157 Å². The molecule has 0 radical (unpaired) electrons. The molecule has 0 amide bonds. The van der Waals surface area contributed by atoms with Crippen LogP contribution in [-0.2, 0) is 6.18 Å². The van der Waals surface area contributed by atoms with Crippen LogP contribution in [0.15, 0.2) is 45.0 Å². The monoisotopic (exact) mass is 451 g/mol. The lowest BCUT2D eigenvalue weighted by atomic mass is 10.2. The van der Waals surface area contributed by atoms with Crippen LogP contribution in [0.5, 0.6) is 5.88 Å². The van der Waals surface area contributed by atoms with Gasteiger partial charge in [-0.3, -0.25) is 0 Å². The van der Waals surface area contributed by atoms with Crippen molar-refractivity contribution < 1.29 is 18.3 Å². The molecule has 130 valence electrons. The largest absolute Gasteiger partial charge is 0.493 e. The van der Waals surface area contributed by atoms with E-state index in [4.69, 9.17) is 23.2 Å². The first-order valence-corrected chi connectivity index (χ1v) is 8.20. The topological polar surface area (TPSA) is 60.7 Å². The van der Waals surface area contributed by atoms with Crippen LogP contribution in [0, 0.1) is 0 Å². The predicted molar refractivity (Wildman–Crippen MR) is 93.3 cm³/mol. The van der Waals surface area contributed by atoms with Gasteiger partial charge in [0.15, 0.2) is 5.69 Å². The van der Waals surface area contributed by atoms with Crippen molar-refractivity contribution in [2.75, 3.05) is 0 Å². The van der Waals surface area contributed by atoms with Gasteiger partial charge in [-0.2, -0.15) is 13.2 Å². The van der Waals surface area contributed by atoms with E-state index in [0.29, 0.717) is 23.0 Å². The van der Waals surface area contributed by atoms with Crippen molar-refractivity contribution in [1.82, 2.24) is 4.98 Å². The molecule has 0 saturated heterocycles. The van der Waals surface area contributed by atoms with Crippen LogP contribution in [0.1, 0.15) is 5.56 Å². The Hall–Kier alpha value is -1.77. The molecule has 1 aromatic heterocycles. The molecule has 10 heteroatoms. The second-order valence-electron chi connectivity index (χ2n) is 5.00. The molecule has 0 saturated carbocycles. The lowest BCUT2D eigenvalue weighted by Crippen LogP contribution is -2.04. The third-order valence-corrected chi connectivity index (χ3v) is 4.38. The molecule has 0 unspecified atom stereocenters. The molecule has 0 aliphatic rings. The molecular formula is C15H7BrCl2F3N3O. The number of H-pyrrole nitrogens is 1. The summed E-state index contributed by atoms with van der Waals surface area (Å²) in [5.41, 5.74) is -0.386. The third-order valence-electron chi connectivity index (χ3n) is 3.31. The van der Waals surface area contributed by atoms with Crippen LogP contribution >= 0.6 is 39.1 Å². The Morgan fingerprint density at radius 1 is 1.00 bits per heavy atom. The van der Waals surface area contributed by atoms with Crippen molar-refractivity contribution >= 4 is 61.4 Å². The Morgan fingerprint density at radius 2 is 1.60 bits per heavy atom. The van der Waals surface area contributed by atoms with Gasteiger partial charge in [0.1, 0.15) is 5.69 Å². The van der Waals surface area contributed by atoms with Crippen LogP contribution in [0.2, 0.25) is 10.0 Å². The van der Waals surface area contributed by atoms with Gasteiger partial charge in [0.2, 0.25) is 5.88 Å². The van der Waals surface area contributed by atoms with Gasteiger partial charge < -0.3 is 10.1 Å². The van der Waals surface area contributed by atoms with Crippen molar-refractivity contribution in [3.8, 4) is 5.88 Å². The highest BCUT2D eigenvalue weighted by Gasteiger charge is 2.32. The van der Waals surface area contributed by atoms with Crippen LogP contribution in [0.3, 0.4) is 0 Å². The van der Waals surface area contributed by atoms with Crippen LogP contribution in [-0.4, -0.2) is 10.1 Å². The first-order valence-electron chi connectivity index (χ1n) is 6.65. The third kappa shape index (κ3) is 3.61. The van der Waals surface area contributed by atoms with Crippen LogP contribution in [0.4, 0.5) is 24.5 Å². The summed E-state index contributed by atoms with van der Waals surface area (Å²) >= 11 is 15.0. The van der Waals surface area contributed by atoms with Crippen molar-refractivity contribution in [3.05, 3.63) is 50.4 Å². The summed E-state index contributed by atoms with van der Waals surface area (Å²) in [5, 5.41) is 17.6. The SMILES string of the molecule is Oc1[nH]c2ccc(Br)cc2c1N=Nc1c(Cl)cc(C(F)(F)F)cc1Cl. The molecule has 4 nitrogen and oxygen atoms in total. The van der Waals surface area contributed by atoms with Gasteiger partial charge in [0.05, 0.1) is 21.1 Å². The van der Waals surface area contributed by atoms with Crippen molar-refractivity contribution in [2.24, 2.45) is 10.2 Å². The maximum atomic E-state index is 12.7. The van der Waals surface area contributed by atoms with E-state index >= 15 is 0 Å². The second-order valence-corrected chi connectivity index (χ2v) is 6.73. The standard InChI is InChI=1S/C15H7BrCl2F3N3O/c16-7-1-2-11-8(5-7)12(14(25)22-11)23-24-13-9(17)3-6(4-10(13)18)15(19,20)21/h1-5,22,25H. The Bertz CT molecular complexity index is 979. The number of aromatic nitrogens is 1. The molecule has 0 fully saturated rings. The van der Waals surface area contributed by atoms with Gasteiger partial charge in [-0.05, 0) is 30.3 Å². The first-order chi connectivity index (χ1) is 11.7. The molecule has 0 aliphatic heterocycles. The van der Waals surface area contributed by atoms with Crippen molar-refractivity contribution in [3.63, 3.8) is 0 Å². The minimum Gasteiger partial charge on any atom is -0.493 e. The average Bonchev–Trinajstić information content (AvgIpc) is 2.80. The number of aromatic hydroxyl groups is 1. The fourth-order valence-corrected chi connectivity index (χ4v) is 3.09. The molecule has 0 atom stereocenters. The van der Waals surface area contributed by atoms with Gasteiger partial charge in [0, 0.05) is 9.86 Å². The molecule has 2 N–H and O–H groups in total. The maximum Gasteiger partial charge on any atom is 0.416 e. The van der Waals surface area contributed by atoms with E-state index in [1.165, 1.54) is 0 Å². The highest BCUT2D eigenvalue weighted by atomic mass is 79.9. The summed E-state index contributed by atoms with van der Waals surface area (Å²) < 4.78 is 39.0. The minimum atomic E-state index is -4.58. The quantitative estimate of drug-likeness (QED) is 0.391. The molecular weight excluding hydrogens is 446 g/mol. The molecule has 3 aromatic rings. The molecule has 0 aliphatic carbocycles. The van der Waals surface area contributed by atoms with E-state index in [0.717, 1.165) is 4.47 Å². The van der Waals surface area contributed by atoms with Crippen LogP contribution < -0.4 is 0 Å². The molecule has 3 rings (SSSR count). The van der Waals surface area contributed by atoms with E-state index in [-0.39, 0.29) is 27.3 Å². The van der Waals surface area contributed by atoms with E-state index in [2.05, 4.69) is 31.1 Å². The number of aromatic amines is 1. The molecule has 0 bridgehead atoms. The van der Waals surface area contributed by atoms with E-state index in [9.17, 15) is 18.3 Å². The van der Waals surface area contributed by atoms with Gasteiger partial charge in [-0.1, -0.05) is 39.1 Å². The Balaban J connectivity index is 2.06. The van der Waals surface area contributed by atoms with Crippen molar-refractivity contribution in [2.45, 2.75) is 6.18 Å². The summed E-state index contributed by atoms with van der Waals surface area (Å²) in [6, 6.07) is 6.62. The van der Waals surface area contributed by atoms with E-state index < -0.39 is 11.7 Å². The number of azo groups is 1. The number of halogens is 6. The fraction of sp³-hybridized carbons (Fsp3) is 0.0667.